The maximum Gasteiger partial charge on any atom is 0.319 e. The van der Waals surface area contributed by atoms with Gasteiger partial charge in [0.15, 0.2) is 10.9 Å². The highest BCUT2D eigenvalue weighted by Crippen LogP contribution is 2.45. The quantitative estimate of drug-likeness (QED) is 0.216. The van der Waals surface area contributed by atoms with E-state index in [1.54, 1.807) is 6.07 Å². The highest BCUT2D eigenvalue weighted by Gasteiger charge is 2.49. The lowest BCUT2D eigenvalue weighted by Gasteiger charge is -2.35. The molecule has 8 nitrogen and oxygen atoms in total. The summed E-state index contributed by atoms with van der Waals surface area (Å²) < 4.78 is 79.9. The number of nitrogens with one attached hydrogen (secondary N) is 1. The molecule has 248 valence electrons. The molecule has 2 bridgehead atoms. The number of hydrogen-bond donors (Lipinski definition) is 2. The van der Waals surface area contributed by atoms with Crippen LogP contribution in [0.1, 0.15) is 32.1 Å². The monoisotopic (exact) mass is 691 g/mol. The standard InChI is InChI=1S/C32H31ClF5N7OS/c33-20-8-19-25(24(38)23(20)18-2-3-21(35)27-26(18)41-29(39)47-27)42-30(46-15-32-5-1-7-45(32)13-17(34)9-32)43-28(19)44-12-16-4-6-31(14-44,40-11-16)10-22(36)37/h2-3,8,10,16-17,40H,1,4-7,9,11-15H2,(H2,39,41)/t16-,17-,31-,32?/m1/s1. The van der Waals surface area contributed by atoms with Gasteiger partial charge >= 0.3 is 6.01 Å². The number of rotatable bonds is 6. The van der Waals surface area contributed by atoms with E-state index in [-0.39, 0.29) is 67.5 Å². The topological polar surface area (TPSA) is 92.4 Å². The lowest BCUT2D eigenvalue weighted by Crippen LogP contribution is -2.52. The molecule has 7 heterocycles. The van der Waals surface area contributed by atoms with Gasteiger partial charge in [0.25, 0.3) is 6.08 Å². The van der Waals surface area contributed by atoms with Crippen LogP contribution in [-0.2, 0) is 0 Å². The maximum absolute atomic E-state index is 16.9. The molecule has 3 N–H and O–H groups in total. The number of anilines is 2. The van der Waals surface area contributed by atoms with Crippen molar-refractivity contribution in [2.45, 2.75) is 49.4 Å². The minimum atomic E-state index is -1.79. The zero-order valence-corrected chi connectivity index (χ0v) is 26.7. The van der Waals surface area contributed by atoms with E-state index < -0.39 is 35.0 Å². The Kier molecular flexibility index (Phi) is 7.50. The number of piperidine rings is 1. The molecule has 4 aromatic rings. The summed E-state index contributed by atoms with van der Waals surface area (Å²) in [7, 11) is 0. The number of benzene rings is 2. The number of aromatic nitrogens is 3. The van der Waals surface area contributed by atoms with E-state index in [9.17, 15) is 17.6 Å². The number of nitrogens with two attached hydrogens (primary N) is 1. The zero-order chi connectivity index (χ0) is 32.7. The van der Waals surface area contributed by atoms with Crippen molar-refractivity contribution in [3.8, 4) is 17.1 Å². The fourth-order valence-electron chi connectivity index (χ4n) is 8.10. The average Bonchev–Trinajstić information content (AvgIpc) is 3.61. The maximum atomic E-state index is 16.9. The number of nitrogens with zero attached hydrogens (tertiary/aromatic N) is 5. The molecule has 0 saturated carbocycles. The van der Waals surface area contributed by atoms with Crippen molar-refractivity contribution >= 4 is 55.0 Å². The van der Waals surface area contributed by atoms with Crippen LogP contribution in [0.15, 0.2) is 30.4 Å². The Labute approximate surface area is 275 Å². The van der Waals surface area contributed by atoms with E-state index in [1.165, 1.54) is 12.1 Å². The van der Waals surface area contributed by atoms with Crippen molar-refractivity contribution in [3.63, 3.8) is 0 Å². The third-order valence-corrected chi connectivity index (χ3v) is 11.4. The molecule has 5 fully saturated rings. The van der Waals surface area contributed by atoms with E-state index in [0.717, 1.165) is 43.2 Å². The summed E-state index contributed by atoms with van der Waals surface area (Å²) in [6.45, 7) is 2.36. The molecule has 4 atom stereocenters. The van der Waals surface area contributed by atoms with Crippen molar-refractivity contribution in [3.05, 3.63) is 47.0 Å². The lowest BCUT2D eigenvalue weighted by molar-refractivity contribution is 0.107. The first-order valence-corrected chi connectivity index (χ1v) is 16.8. The SMILES string of the molecule is Nc1nc2c(-c3c(Cl)cc4c(N5C[C@@H]6CC[C@@](C=C(F)F)(C5)NC6)nc(OCC56CCCN5C[C@H](F)C6)nc4c3F)ccc(F)c2s1. The van der Waals surface area contributed by atoms with Crippen LogP contribution >= 0.6 is 22.9 Å². The number of hydrogen-bond acceptors (Lipinski definition) is 9. The van der Waals surface area contributed by atoms with Crippen LogP contribution < -0.4 is 20.7 Å². The molecule has 0 amide bonds. The minimum Gasteiger partial charge on any atom is -0.461 e. The summed E-state index contributed by atoms with van der Waals surface area (Å²) in [5, 5.41) is 3.69. The Hall–Kier alpha value is -3.33. The molecule has 2 aromatic heterocycles. The summed E-state index contributed by atoms with van der Waals surface area (Å²) >= 11 is 7.75. The molecule has 5 saturated heterocycles. The van der Waals surface area contributed by atoms with Gasteiger partial charge in [-0.05, 0) is 56.3 Å². The first-order chi connectivity index (χ1) is 22.5. The normalized spacial score (nSPS) is 27.5. The predicted octanol–water partition coefficient (Wildman–Crippen LogP) is 6.71. The van der Waals surface area contributed by atoms with Crippen molar-refractivity contribution in [2.75, 3.05) is 50.0 Å². The van der Waals surface area contributed by atoms with Crippen LogP contribution in [0.4, 0.5) is 32.9 Å². The highest BCUT2D eigenvalue weighted by molar-refractivity contribution is 7.22. The number of halogens is 6. The number of fused-ring (bicyclic) bond motifs is 7. The van der Waals surface area contributed by atoms with E-state index in [1.807, 2.05) is 4.90 Å². The highest BCUT2D eigenvalue weighted by atomic mass is 35.5. The molecule has 0 aliphatic carbocycles. The molecule has 5 aliphatic rings. The van der Waals surface area contributed by atoms with Gasteiger partial charge in [0, 0.05) is 55.2 Å². The second-order valence-corrected chi connectivity index (χ2v) is 14.7. The number of thiazole rings is 1. The third-order valence-electron chi connectivity index (χ3n) is 10.2. The molecule has 47 heavy (non-hydrogen) atoms. The van der Waals surface area contributed by atoms with Crippen molar-refractivity contribution in [1.82, 2.24) is 25.2 Å². The van der Waals surface area contributed by atoms with Gasteiger partial charge in [-0.1, -0.05) is 22.9 Å². The first-order valence-electron chi connectivity index (χ1n) is 15.6. The Morgan fingerprint density at radius 1 is 1.17 bits per heavy atom. The van der Waals surface area contributed by atoms with Crippen LogP contribution in [0.5, 0.6) is 6.01 Å². The second kappa shape index (κ2) is 11.4. The first kappa shape index (κ1) is 31.0. The van der Waals surface area contributed by atoms with Gasteiger partial charge in [-0.3, -0.25) is 4.90 Å². The Morgan fingerprint density at radius 3 is 2.81 bits per heavy atom. The zero-order valence-electron chi connectivity index (χ0n) is 25.1. The van der Waals surface area contributed by atoms with E-state index in [0.29, 0.717) is 38.3 Å². The molecule has 1 unspecified atom stereocenters. The molecule has 9 rings (SSSR count). The summed E-state index contributed by atoms with van der Waals surface area (Å²) in [4.78, 5) is 17.5. The average molecular weight is 692 g/mol. The van der Waals surface area contributed by atoms with Gasteiger partial charge < -0.3 is 20.7 Å². The molecule has 0 spiro atoms. The van der Waals surface area contributed by atoms with Gasteiger partial charge in [-0.2, -0.15) is 18.7 Å². The lowest BCUT2D eigenvalue weighted by atomic mass is 9.86. The van der Waals surface area contributed by atoms with Crippen LogP contribution in [0.25, 0.3) is 32.2 Å². The van der Waals surface area contributed by atoms with Crippen LogP contribution in [0, 0.1) is 17.6 Å². The van der Waals surface area contributed by atoms with E-state index >= 15 is 4.39 Å². The third kappa shape index (κ3) is 5.28. The summed E-state index contributed by atoms with van der Waals surface area (Å²) in [6.07, 6.45) is 1.40. The summed E-state index contributed by atoms with van der Waals surface area (Å²) in [5.74, 6) is -0.923. The van der Waals surface area contributed by atoms with Gasteiger partial charge in [0.1, 0.15) is 29.9 Å². The predicted molar refractivity (Wildman–Crippen MR) is 172 cm³/mol. The molecule has 5 aliphatic heterocycles. The van der Waals surface area contributed by atoms with Crippen LogP contribution in [0.2, 0.25) is 5.02 Å². The van der Waals surface area contributed by atoms with Gasteiger partial charge in [0.2, 0.25) is 0 Å². The molecule has 2 aromatic carbocycles. The van der Waals surface area contributed by atoms with Gasteiger partial charge in [-0.25, -0.2) is 18.2 Å². The Morgan fingerprint density at radius 2 is 2.02 bits per heavy atom. The molecule has 15 heteroatoms. The largest absolute Gasteiger partial charge is 0.461 e. The van der Waals surface area contributed by atoms with Crippen molar-refractivity contribution < 1.29 is 26.7 Å². The number of nitrogen functional groups attached to an aromatic ring is 1. The van der Waals surface area contributed by atoms with Gasteiger partial charge in [-0.15, -0.1) is 0 Å². The molecular weight excluding hydrogens is 661 g/mol. The molecule has 0 radical (unpaired) electrons. The van der Waals surface area contributed by atoms with Crippen molar-refractivity contribution in [2.24, 2.45) is 5.92 Å². The fourth-order valence-corrected chi connectivity index (χ4v) is 9.16. The fraction of sp³-hybridized carbons (Fsp3) is 0.469. The molecular formula is C32H31ClF5N7OS. The smallest absolute Gasteiger partial charge is 0.319 e. The van der Waals surface area contributed by atoms with Gasteiger partial charge in [0.05, 0.1) is 26.3 Å². The minimum absolute atomic E-state index is 0.00811. The van der Waals surface area contributed by atoms with Crippen LogP contribution in [-0.4, -0.2) is 76.4 Å². The van der Waals surface area contributed by atoms with Crippen LogP contribution in [0.3, 0.4) is 0 Å². The summed E-state index contributed by atoms with van der Waals surface area (Å²) in [6, 6.07) is 4.03. The summed E-state index contributed by atoms with van der Waals surface area (Å²) in [5.41, 5.74) is 4.63. The Bertz CT molecular complexity index is 1930. The Balaban J connectivity index is 1.28. The van der Waals surface area contributed by atoms with E-state index in [4.69, 9.17) is 27.1 Å². The number of alkyl halides is 1. The number of ether oxygens (including phenoxy) is 1. The van der Waals surface area contributed by atoms with E-state index in [2.05, 4.69) is 20.2 Å². The van der Waals surface area contributed by atoms with Crippen molar-refractivity contribution in [1.29, 1.82) is 0 Å². The second-order valence-electron chi connectivity index (χ2n) is 13.2.